The maximum absolute atomic E-state index is 5.03. The van der Waals surface area contributed by atoms with Crippen LogP contribution in [-0.2, 0) is 6.54 Å². The first kappa shape index (κ1) is 18.0. The summed E-state index contributed by atoms with van der Waals surface area (Å²) in [5.41, 5.74) is 7.03. The van der Waals surface area contributed by atoms with Crippen LogP contribution in [0.2, 0.25) is 0 Å². The summed E-state index contributed by atoms with van der Waals surface area (Å²) in [7, 11) is 0. The minimum absolute atomic E-state index is 0.0267. The van der Waals surface area contributed by atoms with Crippen LogP contribution in [0.3, 0.4) is 0 Å². The molecule has 27 heavy (non-hydrogen) atoms. The van der Waals surface area contributed by atoms with Crippen molar-refractivity contribution in [2.24, 2.45) is 15.2 Å². The molecule has 2 aromatic rings. The first-order valence-electron chi connectivity index (χ1n) is 9.22. The monoisotopic (exact) mass is 423 g/mol. The number of hydrogen-bond donors (Lipinski definition) is 0. The van der Waals surface area contributed by atoms with Gasteiger partial charge < -0.3 is 0 Å². The van der Waals surface area contributed by atoms with Crippen molar-refractivity contribution < 1.29 is 0 Å². The highest BCUT2D eigenvalue weighted by Crippen LogP contribution is 2.41. The molecule has 5 nitrogen and oxygen atoms in total. The number of aliphatic imine (C=N–C) groups is 1. The number of fused-ring (bicyclic) bond motifs is 2. The summed E-state index contributed by atoms with van der Waals surface area (Å²) >= 11 is 3.74. The number of allylic oxidation sites excluding steroid dienone is 4. The topological polar surface area (TPSA) is 54.9 Å². The van der Waals surface area contributed by atoms with E-state index in [1.54, 1.807) is 0 Å². The number of aromatic nitrogens is 2. The van der Waals surface area contributed by atoms with Crippen LogP contribution in [0.25, 0.3) is 0 Å². The lowest BCUT2D eigenvalue weighted by Gasteiger charge is -2.22. The molecule has 1 aromatic heterocycles. The number of benzene rings is 1. The zero-order chi connectivity index (χ0) is 19.1. The average Bonchev–Trinajstić information content (AvgIpc) is 2.78. The summed E-state index contributed by atoms with van der Waals surface area (Å²) in [5.74, 6) is 0.773. The lowest BCUT2D eigenvalue weighted by atomic mass is 9.86. The van der Waals surface area contributed by atoms with Crippen LogP contribution in [0.1, 0.15) is 43.0 Å². The summed E-state index contributed by atoms with van der Waals surface area (Å²) in [6.07, 6.45) is 5.28. The van der Waals surface area contributed by atoms with Crippen molar-refractivity contribution in [1.82, 2.24) is 9.78 Å². The van der Waals surface area contributed by atoms with Gasteiger partial charge in [-0.3, -0.25) is 0 Å². The van der Waals surface area contributed by atoms with Gasteiger partial charge in [-0.1, -0.05) is 46.6 Å². The fourth-order valence-corrected chi connectivity index (χ4v) is 4.29. The Labute approximate surface area is 167 Å². The van der Waals surface area contributed by atoms with Gasteiger partial charge in [-0.2, -0.15) is 5.10 Å². The lowest BCUT2D eigenvalue weighted by Crippen LogP contribution is -2.16. The van der Waals surface area contributed by atoms with E-state index in [2.05, 4.69) is 82.4 Å². The summed E-state index contributed by atoms with van der Waals surface area (Å²) in [4.78, 5) is 5.03. The first-order valence-corrected chi connectivity index (χ1v) is 10.0. The van der Waals surface area contributed by atoms with Gasteiger partial charge >= 0.3 is 0 Å². The molecule has 6 heteroatoms. The maximum Gasteiger partial charge on any atom is 0.199 e. The van der Waals surface area contributed by atoms with Crippen molar-refractivity contribution >= 4 is 33.1 Å². The van der Waals surface area contributed by atoms with Gasteiger partial charge in [0.15, 0.2) is 5.82 Å². The van der Waals surface area contributed by atoms with Gasteiger partial charge in [0, 0.05) is 16.9 Å². The fourth-order valence-electron chi connectivity index (χ4n) is 3.55. The van der Waals surface area contributed by atoms with E-state index in [-0.39, 0.29) is 5.92 Å². The van der Waals surface area contributed by atoms with E-state index < -0.39 is 0 Å². The largest absolute Gasteiger partial charge is 0.244 e. The fraction of sp³-hybridized carbons (Fsp3) is 0.333. The number of hydrogen-bond acceptors (Lipinski definition) is 4. The molecule has 0 amide bonds. The third kappa shape index (κ3) is 3.23. The summed E-state index contributed by atoms with van der Waals surface area (Å²) in [6.45, 7) is 9.11. The Hall–Kier alpha value is -2.34. The highest BCUT2D eigenvalue weighted by molar-refractivity contribution is 9.10. The van der Waals surface area contributed by atoms with Crippen LogP contribution in [0, 0.1) is 13.8 Å². The second-order valence-electron chi connectivity index (χ2n) is 7.12. The van der Waals surface area contributed by atoms with E-state index >= 15 is 0 Å². The normalized spacial score (nSPS) is 18.3. The van der Waals surface area contributed by atoms with Crippen LogP contribution in [0.5, 0.6) is 0 Å². The SMILES string of the molecule is CCCn1nc(C)c2c1N=NC1=CC(C)=CC(c3ccc(C)cc3Br)C1=N2. The smallest absolute Gasteiger partial charge is 0.199 e. The molecule has 1 unspecified atom stereocenters. The van der Waals surface area contributed by atoms with Crippen LogP contribution in [0.15, 0.2) is 61.3 Å². The van der Waals surface area contributed by atoms with E-state index in [9.17, 15) is 0 Å². The average molecular weight is 424 g/mol. The van der Waals surface area contributed by atoms with E-state index in [1.807, 2.05) is 11.6 Å². The van der Waals surface area contributed by atoms with Gasteiger partial charge in [0.2, 0.25) is 0 Å². The maximum atomic E-state index is 5.03. The molecule has 1 aromatic carbocycles. The number of aryl methyl sites for hydroxylation is 3. The van der Waals surface area contributed by atoms with E-state index in [0.29, 0.717) is 0 Å². The van der Waals surface area contributed by atoms with E-state index in [4.69, 9.17) is 4.99 Å². The number of halogens is 1. The van der Waals surface area contributed by atoms with Crippen molar-refractivity contribution in [1.29, 1.82) is 0 Å². The van der Waals surface area contributed by atoms with Crippen molar-refractivity contribution in [3.05, 3.63) is 62.9 Å². The molecule has 1 aliphatic carbocycles. The van der Waals surface area contributed by atoms with E-state index in [1.165, 1.54) is 16.7 Å². The molecule has 0 fully saturated rings. The van der Waals surface area contributed by atoms with Gasteiger partial charge in [-0.05, 0) is 50.5 Å². The molecule has 0 N–H and O–H groups in total. The highest BCUT2D eigenvalue weighted by Gasteiger charge is 2.29. The van der Waals surface area contributed by atoms with Crippen LogP contribution in [0.4, 0.5) is 11.5 Å². The number of nitrogens with zero attached hydrogens (tertiary/aromatic N) is 5. The predicted octanol–water partition coefficient (Wildman–Crippen LogP) is 6.47. The van der Waals surface area contributed by atoms with Crippen molar-refractivity contribution in [2.75, 3.05) is 0 Å². The third-order valence-corrected chi connectivity index (χ3v) is 5.52. The molecule has 2 heterocycles. The Bertz CT molecular complexity index is 1040. The highest BCUT2D eigenvalue weighted by atomic mass is 79.9. The first-order chi connectivity index (χ1) is 13.0. The van der Waals surface area contributed by atoms with Crippen LogP contribution in [-0.4, -0.2) is 15.5 Å². The van der Waals surface area contributed by atoms with Crippen LogP contribution >= 0.6 is 15.9 Å². The van der Waals surface area contributed by atoms with Crippen molar-refractivity contribution in [3.8, 4) is 0 Å². The molecular formula is C21H22BrN5. The van der Waals surface area contributed by atoms with Gasteiger partial charge in [0.25, 0.3) is 0 Å². The molecule has 0 bridgehead atoms. The standard InChI is InChI=1S/C21H22BrN5/c1-5-8-27-21-19(14(4)26-27)23-20-16(9-13(3)11-18(20)24-25-21)15-7-6-12(2)10-17(15)22/h6-7,9-11,16H,5,8H2,1-4H3. The van der Waals surface area contributed by atoms with Crippen molar-refractivity contribution in [2.45, 2.75) is 46.6 Å². The molecule has 4 rings (SSSR count). The Morgan fingerprint density at radius 2 is 1.96 bits per heavy atom. The van der Waals surface area contributed by atoms with Crippen LogP contribution < -0.4 is 0 Å². The number of azo groups is 1. The Kier molecular flexibility index (Phi) is 4.68. The zero-order valence-corrected chi connectivity index (χ0v) is 17.6. The molecule has 0 spiro atoms. The number of rotatable bonds is 3. The van der Waals surface area contributed by atoms with Gasteiger partial charge in [-0.15, -0.1) is 10.2 Å². The lowest BCUT2D eigenvalue weighted by molar-refractivity contribution is 0.600. The Morgan fingerprint density at radius 3 is 2.70 bits per heavy atom. The van der Waals surface area contributed by atoms with Crippen molar-refractivity contribution in [3.63, 3.8) is 0 Å². The molecule has 2 aliphatic rings. The quantitative estimate of drug-likeness (QED) is 0.557. The zero-order valence-electron chi connectivity index (χ0n) is 16.0. The summed E-state index contributed by atoms with van der Waals surface area (Å²) in [6, 6.07) is 6.44. The predicted molar refractivity (Wildman–Crippen MR) is 112 cm³/mol. The minimum atomic E-state index is 0.0267. The molecular weight excluding hydrogens is 402 g/mol. The molecule has 0 saturated heterocycles. The second-order valence-corrected chi connectivity index (χ2v) is 7.98. The Morgan fingerprint density at radius 1 is 1.15 bits per heavy atom. The molecule has 1 aliphatic heterocycles. The molecule has 1 atom stereocenters. The van der Waals surface area contributed by atoms with Gasteiger partial charge in [0.1, 0.15) is 11.4 Å². The van der Waals surface area contributed by atoms with E-state index in [0.717, 1.165) is 46.0 Å². The minimum Gasteiger partial charge on any atom is -0.244 e. The van der Waals surface area contributed by atoms with Gasteiger partial charge in [0.05, 0.1) is 11.4 Å². The Balaban J connectivity index is 1.89. The van der Waals surface area contributed by atoms with Gasteiger partial charge in [-0.25, -0.2) is 9.67 Å². The molecule has 0 saturated carbocycles. The third-order valence-electron chi connectivity index (χ3n) is 4.83. The second kappa shape index (κ2) is 7.00. The summed E-state index contributed by atoms with van der Waals surface area (Å²) in [5, 5.41) is 13.7. The molecule has 138 valence electrons. The summed E-state index contributed by atoms with van der Waals surface area (Å²) < 4.78 is 2.99. The molecule has 0 radical (unpaired) electrons.